The lowest BCUT2D eigenvalue weighted by Gasteiger charge is -2.11. The number of unbranched alkanes of at least 4 members (excludes halogenated alkanes) is 1. The van der Waals surface area contributed by atoms with E-state index in [0.717, 1.165) is 24.3 Å². The number of benzene rings is 1. The zero-order chi connectivity index (χ0) is 18.9. The first-order valence-corrected chi connectivity index (χ1v) is 8.90. The molecule has 1 heterocycles. The van der Waals surface area contributed by atoms with Gasteiger partial charge in [-0.3, -0.25) is 10.1 Å². The summed E-state index contributed by atoms with van der Waals surface area (Å²) in [6.45, 7) is 1.86. The monoisotopic (exact) mass is 379 g/mol. The molecule has 2 rings (SSSR count). The number of carbonyl (C=O) groups excluding carboxylic acids is 2. The Labute approximate surface area is 155 Å². The molecular formula is C17H21N3O5S. The van der Waals surface area contributed by atoms with Crippen molar-refractivity contribution in [2.45, 2.75) is 26.2 Å². The van der Waals surface area contributed by atoms with Crippen LogP contribution in [-0.2, 0) is 16.0 Å². The maximum atomic E-state index is 12.4. The lowest BCUT2D eigenvalue weighted by Crippen LogP contribution is -2.14. The molecule has 0 aliphatic carbocycles. The van der Waals surface area contributed by atoms with Crippen LogP contribution in [0.15, 0.2) is 18.2 Å². The molecule has 8 nitrogen and oxygen atoms in total. The Morgan fingerprint density at radius 1 is 1.19 bits per heavy atom. The van der Waals surface area contributed by atoms with Crippen LogP contribution >= 0.6 is 11.3 Å². The van der Waals surface area contributed by atoms with E-state index < -0.39 is 5.97 Å². The van der Waals surface area contributed by atoms with Crippen LogP contribution in [0.1, 0.15) is 35.1 Å². The summed E-state index contributed by atoms with van der Waals surface area (Å²) in [5.74, 6) is -0.167. The van der Waals surface area contributed by atoms with Gasteiger partial charge in [0.05, 0.1) is 14.2 Å². The molecule has 1 aromatic carbocycles. The van der Waals surface area contributed by atoms with Gasteiger partial charge in [0.25, 0.3) is 5.91 Å². The molecule has 0 bridgehead atoms. The molecule has 26 heavy (non-hydrogen) atoms. The predicted molar refractivity (Wildman–Crippen MR) is 97.0 cm³/mol. The van der Waals surface area contributed by atoms with E-state index in [-0.39, 0.29) is 12.5 Å². The number of nitrogens with one attached hydrogen (secondary N) is 1. The Bertz CT molecular complexity index is 763. The number of ether oxygens (including phenoxy) is 3. The molecule has 2 aromatic rings. The lowest BCUT2D eigenvalue weighted by atomic mass is 10.2. The fourth-order valence-electron chi connectivity index (χ4n) is 2.03. The van der Waals surface area contributed by atoms with Crippen molar-refractivity contribution in [2.75, 3.05) is 26.1 Å². The zero-order valence-electron chi connectivity index (χ0n) is 14.9. The predicted octanol–water partition coefficient (Wildman–Crippen LogP) is 2.69. The van der Waals surface area contributed by atoms with Crippen LogP contribution < -0.4 is 14.8 Å². The molecule has 0 radical (unpaired) electrons. The summed E-state index contributed by atoms with van der Waals surface area (Å²) in [7, 11) is 2.73. The number of esters is 1. The van der Waals surface area contributed by atoms with Crippen LogP contribution in [0.3, 0.4) is 0 Å². The highest BCUT2D eigenvalue weighted by atomic mass is 32.1. The van der Waals surface area contributed by atoms with E-state index in [4.69, 9.17) is 9.47 Å². The number of anilines is 1. The number of carbonyl (C=O) groups is 2. The van der Waals surface area contributed by atoms with Crippen molar-refractivity contribution in [1.82, 2.24) is 10.2 Å². The topological polar surface area (TPSA) is 99.6 Å². The third-order valence-corrected chi connectivity index (χ3v) is 4.33. The minimum atomic E-state index is -0.510. The summed E-state index contributed by atoms with van der Waals surface area (Å²) in [5.41, 5.74) is 0.373. The van der Waals surface area contributed by atoms with Crippen molar-refractivity contribution in [3.05, 3.63) is 28.8 Å². The highest BCUT2D eigenvalue weighted by Gasteiger charge is 2.14. The number of aromatic nitrogens is 2. The van der Waals surface area contributed by atoms with Gasteiger partial charge in [-0.15, -0.1) is 10.2 Å². The Hall–Kier alpha value is -2.68. The molecule has 1 amide bonds. The average molecular weight is 379 g/mol. The molecule has 9 heteroatoms. The Kier molecular flexibility index (Phi) is 7.34. The molecule has 0 aliphatic heterocycles. The minimum absolute atomic E-state index is 0.246. The SMILES string of the molecule is CCCCc1nnc(NC(=O)c2ccc(OCC(=O)OC)c(OC)c2)s1. The zero-order valence-corrected chi connectivity index (χ0v) is 15.7. The van der Waals surface area contributed by atoms with Crippen LogP contribution in [0.25, 0.3) is 0 Å². The van der Waals surface area contributed by atoms with Gasteiger partial charge in [0, 0.05) is 12.0 Å². The van der Waals surface area contributed by atoms with Gasteiger partial charge in [-0.05, 0) is 24.6 Å². The molecule has 0 aliphatic rings. The van der Waals surface area contributed by atoms with Gasteiger partial charge in [-0.25, -0.2) is 4.79 Å². The van der Waals surface area contributed by atoms with Crippen molar-refractivity contribution in [2.24, 2.45) is 0 Å². The van der Waals surface area contributed by atoms with E-state index in [2.05, 4.69) is 27.2 Å². The van der Waals surface area contributed by atoms with Crippen LogP contribution in [-0.4, -0.2) is 42.9 Å². The highest BCUT2D eigenvalue weighted by molar-refractivity contribution is 7.15. The van der Waals surface area contributed by atoms with E-state index in [1.165, 1.54) is 31.6 Å². The van der Waals surface area contributed by atoms with E-state index in [1.807, 2.05) is 0 Å². The van der Waals surface area contributed by atoms with Crippen LogP contribution in [0.4, 0.5) is 5.13 Å². The van der Waals surface area contributed by atoms with Crippen molar-refractivity contribution in [3.8, 4) is 11.5 Å². The second-order valence-corrected chi connectivity index (χ2v) is 6.35. The standard InChI is InChI=1S/C17H21N3O5S/c1-4-5-6-14-19-20-17(26-14)18-16(22)11-7-8-12(13(9-11)23-2)25-10-15(21)24-3/h7-9H,4-6,10H2,1-3H3,(H,18,20,22). The number of methoxy groups -OCH3 is 2. The summed E-state index contributed by atoms with van der Waals surface area (Å²) in [6, 6.07) is 4.66. The first-order chi connectivity index (χ1) is 12.6. The molecule has 0 unspecified atom stereocenters. The summed E-state index contributed by atoms with van der Waals surface area (Å²) in [4.78, 5) is 23.6. The van der Waals surface area contributed by atoms with Crippen molar-refractivity contribution in [3.63, 3.8) is 0 Å². The second-order valence-electron chi connectivity index (χ2n) is 5.29. The molecule has 0 saturated heterocycles. The number of amides is 1. The average Bonchev–Trinajstić information content (AvgIpc) is 3.11. The minimum Gasteiger partial charge on any atom is -0.493 e. The molecule has 0 saturated carbocycles. The number of nitrogens with zero attached hydrogens (tertiary/aromatic N) is 2. The number of rotatable bonds is 9. The van der Waals surface area contributed by atoms with Crippen molar-refractivity contribution >= 4 is 28.3 Å². The molecule has 140 valence electrons. The fourth-order valence-corrected chi connectivity index (χ4v) is 2.80. The largest absolute Gasteiger partial charge is 0.493 e. The molecule has 0 fully saturated rings. The Morgan fingerprint density at radius 3 is 2.69 bits per heavy atom. The third kappa shape index (κ3) is 5.41. The molecule has 0 spiro atoms. The summed E-state index contributed by atoms with van der Waals surface area (Å²) in [5, 5.41) is 12.1. The smallest absolute Gasteiger partial charge is 0.343 e. The van der Waals surface area contributed by atoms with E-state index >= 15 is 0 Å². The Morgan fingerprint density at radius 2 is 2.00 bits per heavy atom. The van der Waals surface area contributed by atoms with Gasteiger partial charge in [0.1, 0.15) is 5.01 Å². The van der Waals surface area contributed by atoms with Crippen LogP contribution in [0, 0.1) is 0 Å². The van der Waals surface area contributed by atoms with E-state index in [9.17, 15) is 9.59 Å². The van der Waals surface area contributed by atoms with Gasteiger partial charge in [-0.2, -0.15) is 0 Å². The maximum absolute atomic E-state index is 12.4. The Balaban J connectivity index is 2.04. The summed E-state index contributed by atoms with van der Waals surface area (Å²) < 4.78 is 15.1. The van der Waals surface area contributed by atoms with Gasteiger partial charge < -0.3 is 14.2 Å². The third-order valence-electron chi connectivity index (χ3n) is 3.43. The van der Waals surface area contributed by atoms with E-state index in [1.54, 1.807) is 12.1 Å². The van der Waals surface area contributed by atoms with Gasteiger partial charge in [-0.1, -0.05) is 24.7 Å². The van der Waals surface area contributed by atoms with Gasteiger partial charge in [0.15, 0.2) is 18.1 Å². The molecule has 0 atom stereocenters. The summed E-state index contributed by atoms with van der Waals surface area (Å²) >= 11 is 1.36. The van der Waals surface area contributed by atoms with Gasteiger partial charge in [0.2, 0.25) is 5.13 Å². The summed E-state index contributed by atoms with van der Waals surface area (Å²) in [6.07, 6.45) is 2.96. The first-order valence-electron chi connectivity index (χ1n) is 8.08. The highest BCUT2D eigenvalue weighted by Crippen LogP contribution is 2.28. The van der Waals surface area contributed by atoms with Crippen molar-refractivity contribution < 1.29 is 23.8 Å². The van der Waals surface area contributed by atoms with Crippen LogP contribution in [0.2, 0.25) is 0 Å². The molecular weight excluding hydrogens is 358 g/mol. The first kappa shape index (κ1) is 19.6. The number of hydrogen-bond acceptors (Lipinski definition) is 8. The normalized spacial score (nSPS) is 10.3. The quantitative estimate of drug-likeness (QED) is 0.669. The van der Waals surface area contributed by atoms with E-state index in [0.29, 0.717) is 22.2 Å². The fraction of sp³-hybridized carbons (Fsp3) is 0.412. The van der Waals surface area contributed by atoms with Crippen LogP contribution in [0.5, 0.6) is 11.5 Å². The maximum Gasteiger partial charge on any atom is 0.343 e. The number of hydrogen-bond donors (Lipinski definition) is 1. The lowest BCUT2D eigenvalue weighted by molar-refractivity contribution is -0.142. The number of aryl methyl sites for hydroxylation is 1. The second kappa shape index (κ2) is 9.71. The van der Waals surface area contributed by atoms with Crippen molar-refractivity contribution in [1.29, 1.82) is 0 Å². The van der Waals surface area contributed by atoms with Gasteiger partial charge >= 0.3 is 5.97 Å². The molecule has 1 N–H and O–H groups in total. The molecule has 1 aromatic heterocycles.